The zero-order valence-corrected chi connectivity index (χ0v) is 12.0. The van der Waals surface area contributed by atoms with Crippen molar-refractivity contribution in [1.82, 2.24) is 0 Å². The monoisotopic (exact) mass is 294 g/mol. The molecule has 3 N–H and O–H groups in total. The van der Waals surface area contributed by atoms with Gasteiger partial charge in [-0.2, -0.15) is 0 Å². The first-order valence-corrected chi connectivity index (χ1v) is 8.53. The van der Waals surface area contributed by atoms with Gasteiger partial charge >= 0.3 is 0 Å². The van der Waals surface area contributed by atoms with Gasteiger partial charge in [-0.05, 0) is 25.0 Å². The Bertz CT molecular complexity index is 661. The third-order valence-corrected chi connectivity index (χ3v) is 6.33. The lowest BCUT2D eigenvalue weighted by atomic mass is 9.75. The predicted molar refractivity (Wildman–Crippen MR) is 77.1 cm³/mol. The fourth-order valence-electron chi connectivity index (χ4n) is 3.29. The van der Waals surface area contributed by atoms with Crippen molar-refractivity contribution in [2.45, 2.75) is 37.0 Å². The summed E-state index contributed by atoms with van der Waals surface area (Å²) in [5.41, 5.74) is 5.59. The number of nitrogens with one attached hydrogen (secondary N) is 1. The lowest BCUT2D eigenvalue weighted by molar-refractivity contribution is -0.126. The van der Waals surface area contributed by atoms with E-state index in [9.17, 15) is 13.2 Å². The van der Waals surface area contributed by atoms with Gasteiger partial charge in [-0.25, -0.2) is 8.42 Å². The van der Waals surface area contributed by atoms with E-state index in [4.69, 9.17) is 5.73 Å². The van der Waals surface area contributed by atoms with Crippen molar-refractivity contribution < 1.29 is 13.2 Å². The van der Waals surface area contributed by atoms with Gasteiger partial charge in [0.25, 0.3) is 0 Å². The number of benzene rings is 1. The number of para-hydroxylation sites is 1. The van der Waals surface area contributed by atoms with E-state index in [1.807, 2.05) is 0 Å². The highest BCUT2D eigenvalue weighted by atomic mass is 32.2. The first-order valence-electron chi connectivity index (χ1n) is 6.87. The number of fused-ring (bicyclic) bond motifs is 1. The highest BCUT2D eigenvalue weighted by Crippen LogP contribution is 2.44. The number of hydrogen-bond acceptors (Lipinski definition) is 4. The minimum Gasteiger partial charge on any atom is -0.397 e. The number of sulfone groups is 1. The van der Waals surface area contributed by atoms with Gasteiger partial charge in [-0.15, -0.1) is 0 Å². The summed E-state index contributed by atoms with van der Waals surface area (Å²) in [5.74, 6) is -0.306. The fourth-order valence-corrected chi connectivity index (χ4v) is 5.36. The molecule has 20 heavy (non-hydrogen) atoms. The highest BCUT2D eigenvalue weighted by Gasteiger charge is 2.46. The molecule has 1 saturated carbocycles. The van der Waals surface area contributed by atoms with Crippen LogP contribution < -0.4 is 11.1 Å². The molecule has 1 aromatic rings. The Morgan fingerprint density at radius 1 is 1.15 bits per heavy atom. The van der Waals surface area contributed by atoms with Gasteiger partial charge in [0.05, 0.1) is 27.4 Å². The van der Waals surface area contributed by atoms with Gasteiger partial charge in [-0.3, -0.25) is 4.79 Å². The van der Waals surface area contributed by atoms with Crippen LogP contribution in [0.4, 0.5) is 11.4 Å². The van der Waals surface area contributed by atoms with E-state index in [0.717, 1.165) is 19.3 Å². The summed E-state index contributed by atoms with van der Waals surface area (Å²) >= 11 is 0. The Labute approximate surface area is 118 Å². The lowest BCUT2D eigenvalue weighted by Gasteiger charge is -2.33. The van der Waals surface area contributed by atoms with Crippen molar-refractivity contribution in [3.8, 4) is 0 Å². The van der Waals surface area contributed by atoms with Crippen LogP contribution in [-0.4, -0.2) is 20.1 Å². The standard InChI is InChI=1S/C14H18N2O3S/c15-10-5-4-6-11-12(10)16-13(17)14(9-20(11,18)19)7-2-1-3-8-14/h4-6H,1-3,7-9,15H2,(H,16,17). The van der Waals surface area contributed by atoms with E-state index in [-0.39, 0.29) is 22.2 Å². The van der Waals surface area contributed by atoms with Crippen LogP contribution in [0.1, 0.15) is 32.1 Å². The molecule has 0 aromatic heterocycles. The molecule has 0 bridgehead atoms. The number of carbonyl (C=O) groups excluding carboxylic acids is 1. The minimum absolute atomic E-state index is 0.109. The smallest absolute Gasteiger partial charge is 0.231 e. The SMILES string of the molecule is Nc1cccc2c1NC(=O)C1(CCCCC1)CS2(=O)=O. The topological polar surface area (TPSA) is 89.3 Å². The van der Waals surface area contributed by atoms with Crippen molar-refractivity contribution in [2.24, 2.45) is 5.41 Å². The number of hydrogen-bond donors (Lipinski definition) is 2. The van der Waals surface area contributed by atoms with Gasteiger partial charge in [0.15, 0.2) is 9.84 Å². The second kappa shape index (κ2) is 4.48. The number of anilines is 2. The van der Waals surface area contributed by atoms with Crippen LogP contribution >= 0.6 is 0 Å². The second-order valence-corrected chi connectivity index (χ2v) is 7.73. The second-order valence-electron chi connectivity index (χ2n) is 5.77. The molecule has 1 heterocycles. The number of carbonyl (C=O) groups is 1. The molecule has 1 amide bonds. The van der Waals surface area contributed by atoms with Crippen molar-refractivity contribution in [3.63, 3.8) is 0 Å². The summed E-state index contributed by atoms with van der Waals surface area (Å²) in [7, 11) is -3.51. The van der Waals surface area contributed by atoms with E-state index < -0.39 is 15.3 Å². The van der Waals surface area contributed by atoms with Gasteiger partial charge in [0, 0.05) is 0 Å². The molecule has 6 heteroatoms. The normalized spacial score (nSPS) is 23.7. The summed E-state index contributed by atoms with van der Waals surface area (Å²) in [6.45, 7) is 0. The number of nitrogens with two attached hydrogens (primary N) is 1. The zero-order chi connectivity index (χ0) is 14.4. The average molecular weight is 294 g/mol. The first-order chi connectivity index (χ1) is 9.45. The molecule has 5 nitrogen and oxygen atoms in total. The van der Waals surface area contributed by atoms with E-state index in [1.165, 1.54) is 6.07 Å². The molecular weight excluding hydrogens is 276 g/mol. The van der Waals surface area contributed by atoms with Crippen LogP contribution in [0, 0.1) is 5.41 Å². The molecule has 3 rings (SSSR count). The van der Waals surface area contributed by atoms with Gasteiger partial charge in [-0.1, -0.05) is 25.3 Å². The van der Waals surface area contributed by atoms with Crippen molar-refractivity contribution >= 4 is 27.1 Å². The van der Waals surface area contributed by atoms with E-state index >= 15 is 0 Å². The van der Waals surface area contributed by atoms with Gasteiger partial charge in [0.2, 0.25) is 5.91 Å². The van der Waals surface area contributed by atoms with Crippen LogP contribution in [0.15, 0.2) is 23.1 Å². The van der Waals surface area contributed by atoms with Crippen LogP contribution in [0.25, 0.3) is 0 Å². The van der Waals surface area contributed by atoms with E-state index in [1.54, 1.807) is 12.1 Å². The van der Waals surface area contributed by atoms with Crippen molar-refractivity contribution in [3.05, 3.63) is 18.2 Å². The average Bonchev–Trinajstić information content (AvgIpc) is 2.48. The summed E-state index contributed by atoms with van der Waals surface area (Å²) < 4.78 is 25.2. The molecule has 0 unspecified atom stereocenters. The quantitative estimate of drug-likeness (QED) is 0.716. The molecule has 1 spiro atoms. The van der Waals surface area contributed by atoms with E-state index in [2.05, 4.69) is 5.32 Å². The Hall–Kier alpha value is -1.56. The lowest BCUT2D eigenvalue weighted by Crippen LogP contribution is -2.41. The molecular formula is C14H18N2O3S. The summed E-state index contributed by atoms with van der Waals surface area (Å²) in [6, 6.07) is 4.73. The Balaban J connectivity index is 2.15. The summed E-state index contributed by atoms with van der Waals surface area (Å²) in [4.78, 5) is 12.7. The summed E-state index contributed by atoms with van der Waals surface area (Å²) in [6.07, 6.45) is 4.12. The molecule has 1 aliphatic carbocycles. The van der Waals surface area contributed by atoms with Gasteiger partial charge < -0.3 is 11.1 Å². The van der Waals surface area contributed by atoms with Crippen LogP contribution in [-0.2, 0) is 14.6 Å². The molecule has 1 aromatic carbocycles. The maximum absolute atomic E-state index is 12.6. The maximum Gasteiger partial charge on any atom is 0.231 e. The first kappa shape index (κ1) is 13.4. The number of nitrogen functional groups attached to an aromatic ring is 1. The highest BCUT2D eigenvalue weighted by molar-refractivity contribution is 7.91. The van der Waals surface area contributed by atoms with Crippen LogP contribution in [0.5, 0.6) is 0 Å². The molecule has 0 radical (unpaired) electrons. The maximum atomic E-state index is 12.6. The Kier molecular flexibility index (Phi) is 3.01. The van der Waals surface area contributed by atoms with Crippen molar-refractivity contribution in [2.75, 3.05) is 16.8 Å². The van der Waals surface area contributed by atoms with Crippen LogP contribution in [0.2, 0.25) is 0 Å². The molecule has 1 fully saturated rings. The zero-order valence-electron chi connectivity index (χ0n) is 11.2. The molecule has 1 aliphatic heterocycles. The Morgan fingerprint density at radius 3 is 2.55 bits per heavy atom. The van der Waals surface area contributed by atoms with E-state index in [0.29, 0.717) is 18.5 Å². The largest absolute Gasteiger partial charge is 0.397 e. The molecule has 108 valence electrons. The molecule has 0 saturated heterocycles. The third-order valence-electron chi connectivity index (χ3n) is 4.39. The third kappa shape index (κ3) is 1.98. The van der Waals surface area contributed by atoms with Crippen LogP contribution in [0.3, 0.4) is 0 Å². The predicted octanol–water partition coefficient (Wildman–Crippen LogP) is 1.95. The Morgan fingerprint density at radius 2 is 1.85 bits per heavy atom. The molecule has 2 aliphatic rings. The number of amides is 1. The number of rotatable bonds is 0. The summed E-state index contributed by atoms with van der Waals surface area (Å²) in [5, 5.41) is 2.76. The fraction of sp³-hybridized carbons (Fsp3) is 0.500. The minimum atomic E-state index is -3.51. The van der Waals surface area contributed by atoms with Crippen molar-refractivity contribution in [1.29, 1.82) is 0 Å². The molecule has 0 atom stereocenters. The van der Waals surface area contributed by atoms with Gasteiger partial charge in [0.1, 0.15) is 0 Å².